The highest BCUT2D eigenvalue weighted by Crippen LogP contribution is 2.28. The number of amides is 3. The SMILES string of the molecule is CN1C(=O)NC(C)(c2ccc(NCc3nnn(C(C)(C)C)n3)cc2)C1=O. The molecule has 0 aliphatic carbocycles. The number of tetrazole rings is 1. The second-order valence-electron chi connectivity index (χ2n) is 7.52. The molecule has 138 valence electrons. The van der Waals surface area contributed by atoms with Gasteiger partial charge in [-0.2, -0.15) is 4.80 Å². The number of rotatable bonds is 4. The molecule has 1 saturated heterocycles. The minimum absolute atomic E-state index is 0.215. The molecular weight excluding hydrogens is 334 g/mol. The minimum Gasteiger partial charge on any atom is -0.378 e. The lowest BCUT2D eigenvalue weighted by Gasteiger charge is -2.22. The summed E-state index contributed by atoms with van der Waals surface area (Å²) in [5, 5.41) is 18.4. The largest absolute Gasteiger partial charge is 0.378 e. The van der Waals surface area contributed by atoms with E-state index in [9.17, 15) is 9.59 Å². The highest BCUT2D eigenvalue weighted by molar-refractivity contribution is 6.06. The van der Waals surface area contributed by atoms with Crippen molar-refractivity contribution in [2.45, 2.75) is 45.3 Å². The summed E-state index contributed by atoms with van der Waals surface area (Å²) in [7, 11) is 1.47. The molecule has 1 unspecified atom stereocenters. The number of nitrogens with zero attached hydrogens (tertiary/aromatic N) is 5. The normalized spacial score (nSPS) is 20.4. The van der Waals surface area contributed by atoms with Crippen LogP contribution in [0.3, 0.4) is 0 Å². The van der Waals surface area contributed by atoms with E-state index in [1.54, 1.807) is 11.7 Å². The van der Waals surface area contributed by atoms with Crippen LogP contribution in [0.25, 0.3) is 0 Å². The van der Waals surface area contributed by atoms with Crippen LogP contribution in [-0.4, -0.2) is 44.1 Å². The third-order valence-electron chi connectivity index (χ3n) is 4.36. The second-order valence-corrected chi connectivity index (χ2v) is 7.52. The molecule has 0 radical (unpaired) electrons. The molecule has 1 aromatic carbocycles. The standard InChI is InChI=1S/C17H23N7O2/c1-16(2,3)24-21-13(20-22-24)10-18-12-8-6-11(7-9-12)17(4)14(25)23(5)15(26)19-17/h6-9,18H,10H2,1-5H3,(H,19,26). The average Bonchev–Trinajstić information content (AvgIpc) is 3.14. The van der Waals surface area contributed by atoms with Crippen LogP contribution >= 0.6 is 0 Å². The van der Waals surface area contributed by atoms with Gasteiger partial charge in [-0.05, 0) is 50.6 Å². The first-order valence-electron chi connectivity index (χ1n) is 8.35. The molecule has 2 heterocycles. The first-order valence-corrected chi connectivity index (χ1v) is 8.35. The zero-order valence-electron chi connectivity index (χ0n) is 15.6. The third kappa shape index (κ3) is 3.12. The topological polar surface area (TPSA) is 105 Å². The van der Waals surface area contributed by atoms with Gasteiger partial charge < -0.3 is 10.6 Å². The number of hydrogen-bond donors (Lipinski definition) is 2. The molecule has 2 N–H and O–H groups in total. The van der Waals surface area contributed by atoms with E-state index in [-0.39, 0.29) is 11.4 Å². The number of nitrogens with one attached hydrogen (secondary N) is 2. The van der Waals surface area contributed by atoms with Crippen LogP contribution < -0.4 is 10.6 Å². The number of imide groups is 1. The van der Waals surface area contributed by atoms with Gasteiger partial charge in [0.15, 0.2) is 5.82 Å². The van der Waals surface area contributed by atoms with Gasteiger partial charge >= 0.3 is 6.03 Å². The van der Waals surface area contributed by atoms with E-state index in [0.29, 0.717) is 12.4 Å². The molecule has 2 aromatic rings. The summed E-state index contributed by atoms with van der Waals surface area (Å²) in [4.78, 5) is 26.7. The van der Waals surface area contributed by atoms with Crippen LogP contribution in [0, 0.1) is 0 Å². The molecule has 1 aromatic heterocycles. The Balaban J connectivity index is 1.68. The molecule has 3 rings (SSSR count). The summed E-state index contributed by atoms with van der Waals surface area (Å²) in [6.45, 7) is 8.15. The van der Waals surface area contributed by atoms with Crippen LogP contribution in [0.15, 0.2) is 24.3 Å². The van der Waals surface area contributed by atoms with Gasteiger partial charge in [-0.25, -0.2) is 4.79 Å². The Morgan fingerprint density at radius 3 is 2.35 bits per heavy atom. The molecule has 9 nitrogen and oxygen atoms in total. The van der Waals surface area contributed by atoms with Crippen molar-refractivity contribution in [2.75, 3.05) is 12.4 Å². The van der Waals surface area contributed by atoms with E-state index >= 15 is 0 Å². The number of aromatic nitrogens is 4. The molecule has 0 saturated carbocycles. The van der Waals surface area contributed by atoms with Gasteiger partial charge in [-0.3, -0.25) is 9.69 Å². The second kappa shape index (κ2) is 6.08. The Labute approximate surface area is 151 Å². The number of benzene rings is 1. The van der Waals surface area contributed by atoms with Gasteiger partial charge in [0.1, 0.15) is 5.54 Å². The fourth-order valence-corrected chi connectivity index (χ4v) is 2.68. The van der Waals surface area contributed by atoms with E-state index < -0.39 is 11.6 Å². The van der Waals surface area contributed by atoms with Gasteiger partial charge in [0, 0.05) is 12.7 Å². The molecular formula is C17H23N7O2. The molecule has 9 heteroatoms. The van der Waals surface area contributed by atoms with Gasteiger partial charge in [0.05, 0.1) is 12.1 Å². The van der Waals surface area contributed by atoms with Crippen molar-refractivity contribution in [1.29, 1.82) is 0 Å². The number of carbonyl (C=O) groups is 2. The maximum atomic E-state index is 12.3. The minimum atomic E-state index is -1.04. The lowest BCUT2D eigenvalue weighted by atomic mass is 9.92. The summed E-state index contributed by atoms with van der Waals surface area (Å²) >= 11 is 0. The predicted molar refractivity (Wildman–Crippen MR) is 95.2 cm³/mol. The molecule has 0 bridgehead atoms. The Morgan fingerprint density at radius 1 is 1.19 bits per heavy atom. The number of hydrogen-bond acceptors (Lipinski definition) is 6. The van der Waals surface area contributed by atoms with Gasteiger partial charge in [-0.15, -0.1) is 10.2 Å². The van der Waals surface area contributed by atoms with Crippen LogP contribution in [-0.2, 0) is 22.4 Å². The molecule has 26 heavy (non-hydrogen) atoms. The van der Waals surface area contributed by atoms with Gasteiger partial charge in [0.2, 0.25) is 0 Å². The summed E-state index contributed by atoms with van der Waals surface area (Å²) in [5.41, 5.74) is 0.326. The van der Waals surface area contributed by atoms with Crippen molar-refractivity contribution >= 4 is 17.6 Å². The van der Waals surface area contributed by atoms with Crippen LogP contribution in [0.2, 0.25) is 0 Å². The number of anilines is 1. The summed E-state index contributed by atoms with van der Waals surface area (Å²) < 4.78 is 0. The Hall–Kier alpha value is -2.97. The van der Waals surface area contributed by atoms with E-state index in [0.717, 1.165) is 16.2 Å². The molecule has 0 spiro atoms. The molecule has 1 fully saturated rings. The van der Waals surface area contributed by atoms with Crippen molar-refractivity contribution in [2.24, 2.45) is 0 Å². The zero-order chi connectivity index (χ0) is 19.1. The first kappa shape index (κ1) is 17.8. The number of likely N-dealkylation sites (N-methyl/N-ethyl adjacent to an activating group) is 1. The fourth-order valence-electron chi connectivity index (χ4n) is 2.68. The lowest BCUT2D eigenvalue weighted by Crippen LogP contribution is -2.40. The van der Waals surface area contributed by atoms with Crippen molar-refractivity contribution in [3.8, 4) is 0 Å². The van der Waals surface area contributed by atoms with E-state index in [2.05, 4.69) is 26.0 Å². The van der Waals surface area contributed by atoms with E-state index in [1.807, 2.05) is 45.0 Å². The van der Waals surface area contributed by atoms with E-state index in [4.69, 9.17) is 0 Å². The van der Waals surface area contributed by atoms with Crippen LogP contribution in [0.4, 0.5) is 10.5 Å². The Morgan fingerprint density at radius 2 is 1.85 bits per heavy atom. The van der Waals surface area contributed by atoms with Crippen LogP contribution in [0.1, 0.15) is 39.1 Å². The predicted octanol–water partition coefficient (Wildman–Crippen LogP) is 1.44. The van der Waals surface area contributed by atoms with Crippen molar-refractivity contribution < 1.29 is 9.59 Å². The fraction of sp³-hybridized carbons (Fsp3) is 0.471. The van der Waals surface area contributed by atoms with Gasteiger partial charge in [0.25, 0.3) is 5.91 Å². The monoisotopic (exact) mass is 357 g/mol. The van der Waals surface area contributed by atoms with Gasteiger partial charge in [-0.1, -0.05) is 12.1 Å². The maximum absolute atomic E-state index is 12.3. The summed E-state index contributed by atoms with van der Waals surface area (Å²) in [6, 6.07) is 6.95. The van der Waals surface area contributed by atoms with Crippen molar-refractivity contribution in [3.05, 3.63) is 35.7 Å². The Bertz CT molecular complexity index is 838. The first-order chi connectivity index (χ1) is 12.1. The third-order valence-corrected chi connectivity index (χ3v) is 4.36. The maximum Gasteiger partial charge on any atom is 0.325 e. The molecule has 1 aliphatic rings. The van der Waals surface area contributed by atoms with Crippen molar-refractivity contribution in [3.63, 3.8) is 0 Å². The quantitative estimate of drug-likeness (QED) is 0.802. The smallest absolute Gasteiger partial charge is 0.325 e. The summed E-state index contributed by atoms with van der Waals surface area (Å²) in [5.74, 6) is 0.321. The average molecular weight is 357 g/mol. The van der Waals surface area contributed by atoms with E-state index in [1.165, 1.54) is 7.05 Å². The van der Waals surface area contributed by atoms with Crippen LogP contribution in [0.5, 0.6) is 0 Å². The lowest BCUT2D eigenvalue weighted by molar-refractivity contribution is -0.130. The highest BCUT2D eigenvalue weighted by Gasteiger charge is 2.47. The van der Waals surface area contributed by atoms with Crippen molar-refractivity contribution in [1.82, 2.24) is 30.4 Å². The summed E-state index contributed by atoms with van der Waals surface area (Å²) in [6.07, 6.45) is 0. The highest BCUT2D eigenvalue weighted by atomic mass is 16.2. The molecule has 1 aliphatic heterocycles. The molecule has 1 atom stereocenters. The molecule has 3 amide bonds. The number of carbonyl (C=O) groups excluding carboxylic acids is 2. The Kier molecular flexibility index (Phi) is 4.17. The number of urea groups is 1. The zero-order valence-corrected chi connectivity index (χ0v) is 15.6.